The fraction of sp³-hybridized carbons (Fsp3) is 0.615. The standard InChI is InChI=1S/C13H24N2O2Si/c1-13(2,3)18(4,5)17-10-9-15-8-6-7-11(14)12(15)16/h6-8H,9-10,14H2,1-5H3. The van der Waals surface area contributed by atoms with Gasteiger partial charge in [-0.1, -0.05) is 20.8 Å². The number of aromatic nitrogens is 1. The quantitative estimate of drug-likeness (QED) is 0.853. The van der Waals surface area contributed by atoms with Gasteiger partial charge in [0.15, 0.2) is 8.32 Å². The molecule has 0 aliphatic heterocycles. The Bertz CT molecular complexity index is 461. The lowest BCUT2D eigenvalue weighted by atomic mass is 10.2. The first-order valence-corrected chi connectivity index (χ1v) is 9.15. The number of anilines is 1. The maximum atomic E-state index is 11.7. The maximum Gasteiger partial charge on any atom is 0.273 e. The Kier molecular flexibility index (Phi) is 4.40. The van der Waals surface area contributed by atoms with Gasteiger partial charge in [0.05, 0.1) is 12.3 Å². The number of nitrogen functional groups attached to an aromatic ring is 1. The van der Waals surface area contributed by atoms with Crippen LogP contribution in [0.5, 0.6) is 0 Å². The number of hydrogen-bond donors (Lipinski definition) is 1. The average Bonchev–Trinajstić information content (AvgIpc) is 2.22. The van der Waals surface area contributed by atoms with Gasteiger partial charge in [0.2, 0.25) is 0 Å². The smallest absolute Gasteiger partial charge is 0.273 e. The third-order valence-corrected chi connectivity index (χ3v) is 8.19. The van der Waals surface area contributed by atoms with Gasteiger partial charge in [-0.25, -0.2) is 0 Å². The van der Waals surface area contributed by atoms with Crippen molar-refractivity contribution in [2.45, 2.75) is 45.4 Å². The van der Waals surface area contributed by atoms with Gasteiger partial charge in [-0.2, -0.15) is 0 Å². The largest absolute Gasteiger partial charge is 0.415 e. The first kappa shape index (κ1) is 15.0. The Balaban J connectivity index is 2.63. The van der Waals surface area contributed by atoms with Crippen LogP contribution in [0.15, 0.2) is 23.1 Å². The summed E-state index contributed by atoms with van der Waals surface area (Å²) in [6.45, 7) is 12.1. The molecule has 0 aliphatic rings. The first-order valence-electron chi connectivity index (χ1n) is 6.24. The maximum absolute atomic E-state index is 11.7. The highest BCUT2D eigenvalue weighted by atomic mass is 28.4. The fourth-order valence-corrected chi connectivity index (χ4v) is 2.38. The summed E-state index contributed by atoms with van der Waals surface area (Å²) in [6.07, 6.45) is 1.74. The number of pyridine rings is 1. The van der Waals surface area contributed by atoms with Crippen molar-refractivity contribution in [3.05, 3.63) is 28.7 Å². The third-order valence-electron chi connectivity index (χ3n) is 3.65. The van der Waals surface area contributed by atoms with E-state index in [0.717, 1.165) is 0 Å². The van der Waals surface area contributed by atoms with E-state index < -0.39 is 8.32 Å². The van der Waals surface area contributed by atoms with Crippen molar-refractivity contribution < 1.29 is 4.43 Å². The van der Waals surface area contributed by atoms with E-state index in [-0.39, 0.29) is 16.3 Å². The SMILES string of the molecule is CC(C)(C)[Si](C)(C)OCCn1cccc(N)c1=O. The lowest BCUT2D eigenvalue weighted by molar-refractivity contribution is 0.270. The van der Waals surface area contributed by atoms with Crippen LogP contribution in [0, 0.1) is 0 Å². The Morgan fingerprint density at radius 2 is 2.00 bits per heavy atom. The molecule has 102 valence electrons. The Morgan fingerprint density at radius 1 is 1.39 bits per heavy atom. The molecule has 0 radical (unpaired) electrons. The van der Waals surface area contributed by atoms with Gasteiger partial charge in [0, 0.05) is 12.7 Å². The van der Waals surface area contributed by atoms with Gasteiger partial charge >= 0.3 is 0 Å². The van der Waals surface area contributed by atoms with Crippen molar-refractivity contribution >= 4 is 14.0 Å². The minimum atomic E-state index is -1.74. The van der Waals surface area contributed by atoms with E-state index >= 15 is 0 Å². The van der Waals surface area contributed by atoms with E-state index in [1.807, 2.05) is 0 Å². The van der Waals surface area contributed by atoms with Crippen LogP contribution in [0.25, 0.3) is 0 Å². The molecule has 2 N–H and O–H groups in total. The second-order valence-corrected chi connectivity index (χ2v) is 10.9. The van der Waals surface area contributed by atoms with Crippen LogP contribution in [0.3, 0.4) is 0 Å². The van der Waals surface area contributed by atoms with Crippen molar-refractivity contribution in [1.29, 1.82) is 0 Å². The summed E-state index contributed by atoms with van der Waals surface area (Å²) < 4.78 is 7.63. The molecule has 0 bridgehead atoms. The van der Waals surface area contributed by atoms with Crippen molar-refractivity contribution in [1.82, 2.24) is 4.57 Å². The molecular formula is C13H24N2O2Si. The fourth-order valence-electron chi connectivity index (χ4n) is 1.35. The Hall–Kier alpha value is -1.07. The molecule has 0 aromatic carbocycles. The molecule has 0 saturated carbocycles. The highest BCUT2D eigenvalue weighted by Crippen LogP contribution is 2.36. The van der Waals surface area contributed by atoms with Gasteiger partial charge in [-0.3, -0.25) is 4.79 Å². The molecular weight excluding hydrogens is 244 g/mol. The molecule has 0 fully saturated rings. The molecule has 4 nitrogen and oxygen atoms in total. The van der Waals surface area contributed by atoms with Crippen molar-refractivity contribution in [3.63, 3.8) is 0 Å². The molecule has 5 heteroatoms. The number of rotatable bonds is 4. The van der Waals surface area contributed by atoms with Crippen LogP contribution < -0.4 is 11.3 Å². The average molecular weight is 268 g/mol. The minimum Gasteiger partial charge on any atom is -0.415 e. The first-order chi connectivity index (χ1) is 8.15. The predicted molar refractivity (Wildman–Crippen MR) is 78.3 cm³/mol. The molecule has 18 heavy (non-hydrogen) atoms. The molecule has 0 amide bonds. The molecule has 0 spiro atoms. The molecule has 1 aromatic heterocycles. The molecule has 0 aliphatic carbocycles. The van der Waals surface area contributed by atoms with Crippen LogP contribution in [0.1, 0.15) is 20.8 Å². The molecule has 1 rings (SSSR count). The number of hydrogen-bond acceptors (Lipinski definition) is 3. The van der Waals surface area contributed by atoms with Crippen LogP contribution in [0.4, 0.5) is 5.69 Å². The van der Waals surface area contributed by atoms with E-state index in [4.69, 9.17) is 10.2 Å². The number of nitrogens with zero attached hydrogens (tertiary/aromatic N) is 1. The monoisotopic (exact) mass is 268 g/mol. The lowest BCUT2D eigenvalue weighted by Gasteiger charge is -2.36. The van der Waals surface area contributed by atoms with E-state index in [0.29, 0.717) is 13.2 Å². The van der Waals surface area contributed by atoms with Gasteiger partial charge in [0.25, 0.3) is 5.56 Å². The summed E-state index contributed by atoms with van der Waals surface area (Å²) in [7, 11) is -1.74. The summed E-state index contributed by atoms with van der Waals surface area (Å²) in [5, 5.41) is 0.188. The minimum absolute atomic E-state index is 0.142. The lowest BCUT2D eigenvalue weighted by Crippen LogP contribution is -2.41. The Labute approximate surface area is 110 Å². The van der Waals surface area contributed by atoms with E-state index in [1.54, 1.807) is 22.9 Å². The summed E-state index contributed by atoms with van der Waals surface area (Å²) in [5.41, 5.74) is 5.72. The summed E-state index contributed by atoms with van der Waals surface area (Å²) in [6, 6.07) is 3.40. The second-order valence-electron chi connectivity index (χ2n) is 6.07. The van der Waals surface area contributed by atoms with E-state index in [2.05, 4.69) is 33.9 Å². The highest BCUT2D eigenvalue weighted by Gasteiger charge is 2.36. The molecule has 0 atom stereocenters. The topological polar surface area (TPSA) is 57.2 Å². The zero-order valence-corrected chi connectivity index (χ0v) is 13.0. The highest BCUT2D eigenvalue weighted by molar-refractivity contribution is 6.74. The van der Waals surface area contributed by atoms with Crippen molar-refractivity contribution in [3.8, 4) is 0 Å². The van der Waals surface area contributed by atoms with Gasteiger partial charge in [0.1, 0.15) is 0 Å². The molecule has 0 unspecified atom stereocenters. The zero-order chi connectivity index (χ0) is 14.0. The van der Waals surface area contributed by atoms with Crippen molar-refractivity contribution in [2.75, 3.05) is 12.3 Å². The number of nitrogens with two attached hydrogens (primary N) is 1. The van der Waals surface area contributed by atoms with Crippen molar-refractivity contribution in [2.24, 2.45) is 0 Å². The Morgan fingerprint density at radius 3 is 2.56 bits per heavy atom. The van der Waals surface area contributed by atoms with Gasteiger partial charge in [-0.15, -0.1) is 0 Å². The third kappa shape index (κ3) is 3.46. The molecule has 1 aromatic rings. The zero-order valence-electron chi connectivity index (χ0n) is 12.0. The summed E-state index contributed by atoms with van der Waals surface area (Å²) >= 11 is 0. The van der Waals surface area contributed by atoms with Gasteiger partial charge < -0.3 is 14.7 Å². The van der Waals surface area contributed by atoms with Crippen LogP contribution >= 0.6 is 0 Å². The van der Waals surface area contributed by atoms with E-state index in [9.17, 15) is 4.79 Å². The second kappa shape index (κ2) is 5.28. The van der Waals surface area contributed by atoms with Crippen LogP contribution in [-0.2, 0) is 11.0 Å². The van der Waals surface area contributed by atoms with E-state index in [1.165, 1.54) is 0 Å². The van der Waals surface area contributed by atoms with Crippen LogP contribution in [-0.4, -0.2) is 19.5 Å². The van der Waals surface area contributed by atoms with Gasteiger partial charge in [-0.05, 0) is 30.3 Å². The predicted octanol–water partition coefficient (Wildman–Crippen LogP) is 2.45. The van der Waals surface area contributed by atoms with Crippen LogP contribution in [0.2, 0.25) is 18.1 Å². The molecule has 1 heterocycles. The normalized spacial score (nSPS) is 12.7. The summed E-state index contributed by atoms with van der Waals surface area (Å²) in [5.74, 6) is 0. The molecule has 0 saturated heterocycles. The summed E-state index contributed by atoms with van der Waals surface area (Å²) in [4.78, 5) is 11.7.